The Morgan fingerprint density at radius 2 is 1.47 bits per heavy atom. The standard InChI is InChI=1S/C56H93N5O13Si/c1-19-35(12)46-44(74-75(32(6)7,33(8)9)34(10)11)28-45(62)72-49(31(4)5)48(63)36(13)50(64)57-41(25-30(2)3)52(66)60-24-20-21-42(60)53(67)61-29-39-26-40(70-18)23-22-38(39)27-43(61)54(68)71-37(14)47(51(65)58-46)59-55(69)73-56(15,16)17/h22-23,26,30-37,41-44,46-49,63H,19-21,24-25,27-29H2,1-18H3,(H,57,64)(H,58,65)(H,59,69)/t35-,36-,37+,41+,42-,43+,44-,46+,47-,48-,49+/m0/s1. The summed E-state index contributed by atoms with van der Waals surface area (Å²) in [5.74, 6) is -5.48. The van der Waals surface area contributed by atoms with Gasteiger partial charge in [-0.05, 0) is 105 Å². The van der Waals surface area contributed by atoms with Gasteiger partial charge in [0.1, 0.15) is 53.8 Å². The lowest BCUT2D eigenvalue weighted by atomic mass is 9.90. The first-order valence-electron chi connectivity index (χ1n) is 27.5. The molecule has 0 spiro atoms. The SMILES string of the molecule is CC[C@H](C)[C@H]1NC(=O)[C@@H](NC(=O)OC(C)(C)C)[C@@H](C)OC(=O)[C@H]2Cc3ccc(OC)cc3CN2C(=O)[C@@H]2CCCN2C(=O)[C@@H](CC(C)C)NC(=O)[C@@H](C)[C@H](O)[C@@H](C(C)C)OC(=O)C[C@@H]1O[Si](C(C)C)(C(C)C)C(C)C. The van der Waals surface area contributed by atoms with Crippen molar-refractivity contribution in [3.63, 3.8) is 0 Å². The molecule has 2 fully saturated rings. The molecule has 424 valence electrons. The number of fused-ring (bicyclic) bond motifs is 3. The summed E-state index contributed by atoms with van der Waals surface area (Å²) in [5.41, 5.74) is 0.654. The molecule has 4 N–H and O–H groups in total. The second-order valence-corrected chi connectivity index (χ2v) is 29.4. The summed E-state index contributed by atoms with van der Waals surface area (Å²) in [5, 5.41) is 20.7. The van der Waals surface area contributed by atoms with Crippen molar-refractivity contribution in [2.24, 2.45) is 23.7 Å². The molecule has 18 nitrogen and oxygen atoms in total. The Bertz CT molecular complexity index is 2140. The normalized spacial score (nSPS) is 27.8. The number of amides is 5. The largest absolute Gasteiger partial charge is 0.497 e. The van der Waals surface area contributed by atoms with Crippen molar-refractivity contribution in [1.82, 2.24) is 25.8 Å². The molecule has 3 aliphatic heterocycles. The zero-order valence-electron chi connectivity index (χ0n) is 48.4. The average molecular weight is 1070 g/mol. The van der Waals surface area contributed by atoms with Crippen LogP contribution >= 0.6 is 0 Å². The lowest BCUT2D eigenvalue weighted by molar-refractivity contribution is -0.166. The molecule has 2 saturated heterocycles. The van der Waals surface area contributed by atoms with E-state index in [1.54, 1.807) is 46.8 Å². The van der Waals surface area contributed by atoms with Crippen LogP contribution in [0.3, 0.4) is 0 Å². The van der Waals surface area contributed by atoms with Crippen LogP contribution in [-0.2, 0) is 60.4 Å². The molecule has 0 saturated carbocycles. The van der Waals surface area contributed by atoms with E-state index < -0.39 is 122 Å². The first-order chi connectivity index (χ1) is 34.9. The number of alkyl carbamates (subject to hydrolysis) is 1. The van der Waals surface area contributed by atoms with Gasteiger partial charge in [0.25, 0.3) is 0 Å². The third kappa shape index (κ3) is 15.5. The topological polar surface area (TPSA) is 228 Å². The van der Waals surface area contributed by atoms with Crippen molar-refractivity contribution >= 4 is 50.0 Å². The van der Waals surface area contributed by atoms with Gasteiger partial charge in [-0.25, -0.2) is 9.59 Å². The predicted octanol–water partition coefficient (Wildman–Crippen LogP) is 7.36. The second kappa shape index (κ2) is 26.5. The van der Waals surface area contributed by atoms with Gasteiger partial charge in [-0.1, -0.05) is 102 Å². The molecule has 1 aromatic rings. The zero-order valence-corrected chi connectivity index (χ0v) is 49.4. The molecule has 0 unspecified atom stereocenters. The van der Waals surface area contributed by atoms with Gasteiger partial charge in [-0.3, -0.25) is 24.0 Å². The number of hydrogen-bond acceptors (Lipinski definition) is 13. The van der Waals surface area contributed by atoms with E-state index in [0.29, 0.717) is 18.6 Å². The maximum Gasteiger partial charge on any atom is 0.408 e. The number of nitrogens with zero attached hydrogens (tertiary/aromatic N) is 2. The van der Waals surface area contributed by atoms with E-state index in [-0.39, 0.29) is 67.2 Å². The second-order valence-electron chi connectivity index (χ2n) is 24.0. The highest BCUT2D eigenvalue weighted by Crippen LogP contribution is 2.44. The molecule has 0 aliphatic carbocycles. The number of esters is 2. The van der Waals surface area contributed by atoms with Gasteiger partial charge in [-0.15, -0.1) is 0 Å². The van der Waals surface area contributed by atoms with E-state index in [9.17, 15) is 29.1 Å². The van der Waals surface area contributed by atoms with Crippen molar-refractivity contribution in [1.29, 1.82) is 0 Å². The first-order valence-corrected chi connectivity index (χ1v) is 29.6. The Morgan fingerprint density at radius 1 is 0.840 bits per heavy atom. The quantitative estimate of drug-likeness (QED) is 0.0913. The van der Waals surface area contributed by atoms with Gasteiger partial charge in [0.2, 0.25) is 31.9 Å². The van der Waals surface area contributed by atoms with Gasteiger partial charge >= 0.3 is 18.0 Å². The molecule has 5 amide bonds. The zero-order chi connectivity index (χ0) is 56.6. The van der Waals surface area contributed by atoms with Crippen LogP contribution in [0.25, 0.3) is 0 Å². The van der Waals surface area contributed by atoms with E-state index in [1.165, 1.54) is 30.8 Å². The number of hydrogen-bond donors (Lipinski definition) is 4. The summed E-state index contributed by atoms with van der Waals surface area (Å²) in [6.45, 7) is 32.0. The maximum atomic E-state index is 15.2. The lowest BCUT2D eigenvalue weighted by Gasteiger charge is -2.47. The molecule has 0 aromatic heterocycles. The fourth-order valence-corrected chi connectivity index (χ4v) is 17.0. The Balaban J connectivity index is 1.98. The van der Waals surface area contributed by atoms with E-state index in [1.807, 2.05) is 33.8 Å². The summed E-state index contributed by atoms with van der Waals surface area (Å²) >= 11 is 0. The summed E-state index contributed by atoms with van der Waals surface area (Å²) in [6.07, 6.45) is -4.86. The number of rotatable bonds is 12. The highest BCUT2D eigenvalue weighted by molar-refractivity contribution is 6.77. The molecule has 19 heteroatoms. The summed E-state index contributed by atoms with van der Waals surface area (Å²) in [4.78, 5) is 106. The van der Waals surface area contributed by atoms with Gasteiger partial charge < -0.3 is 54.2 Å². The molecule has 75 heavy (non-hydrogen) atoms. The van der Waals surface area contributed by atoms with E-state index >= 15 is 9.59 Å². The fraction of sp³-hybridized carbons (Fsp3) is 0.768. The van der Waals surface area contributed by atoms with Gasteiger partial charge in [-0.2, -0.15) is 0 Å². The number of aliphatic hydroxyl groups is 1. The van der Waals surface area contributed by atoms with Crippen molar-refractivity contribution < 1.29 is 62.0 Å². The molecular weight excluding hydrogens is 979 g/mol. The molecule has 3 heterocycles. The maximum absolute atomic E-state index is 15.2. The number of carbonyl (C=O) groups excluding carboxylic acids is 7. The molecule has 3 aliphatic rings. The molecule has 4 rings (SSSR count). The van der Waals surface area contributed by atoms with Crippen LogP contribution in [0, 0.1) is 23.7 Å². The molecule has 0 bridgehead atoms. The van der Waals surface area contributed by atoms with Crippen LogP contribution in [-0.4, -0.2) is 139 Å². The third-order valence-corrected chi connectivity index (χ3v) is 21.7. The number of ether oxygens (including phenoxy) is 4. The van der Waals surface area contributed by atoms with Crippen LogP contribution in [0.15, 0.2) is 18.2 Å². The number of cyclic esters (lactones) is 2. The predicted molar refractivity (Wildman–Crippen MR) is 288 cm³/mol. The van der Waals surface area contributed by atoms with Crippen molar-refractivity contribution in [2.45, 2.75) is 240 Å². The minimum atomic E-state index is -2.87. The van der Waals surface area contributed by atoms with Crippen LogP contribution in [0.4, 0.5) is 4.79 Å². The molecule has 0 radical (unpaired) electrons. The Hall–Kier alpha value is -4.75. The highest BCUT2D eigenvalue weighted by atomic mass is 28.4. The van der Waals surface area contributed by atoms with Crippen molar-refractivity contribution in [2.75, 3.05) is 13.7 Å². The number of methoxy groups -OCH3 is 1. The molecule has 11 atom stereocenters. The minimum absolute atomic E-state index is 0.0235. The Labute approximate surface area is 448 Å². The number of carbonyl (C=O) groups is 7. The summed E-state index contributed by atoms with van der Waals surface area (Å²) < 4.78 is 31.0. The van der Waals surface area contributed by atoms with Gasteiger partial charge in [0.05, 0.1) is 31.6 Å². The Morgan fingerprint density at radius 3 is 2.01 bits per heavy atom. The highest BCUT2D eigenvalue weighted by Gasteiger charge is 2.51. The van der Waals surface area contributed by atoms with Gasteiger partial charge in [0, 0.05) is 19.5 Å². The van der Waals surface area contributed by atoms with E-state index in [4.69, 9.17) is 23.4 Å². The minimum Gasteiger partial charge on any atom is -0.497 e. The smallest absolute Gasteiger partial charge is 0.408 e. The number of benzene rings is 1. The summed E-state index contributed by atoms with van der Waals surface area (Å²) in [6, 6.07) is -0.401. The van der Waals surface area contributed by atoms with Crippen LogP contribution in [0.2, 0.25) is 16.6 Å². The molecular formula is C56H93N5O13Si. The first kappa shape index (κ1) is 62.8. The van der Waals surface area contributed by atoms with Crippen LogP contribution < -0.4 is 20.7 Å². The summed E-state index contributed by atoms with van der Waals surface area (Å²) in [7, 11) is -1.34. The van der Waals surface area contributed by atoms with Crippen LogP contribution in [0.1, 0.15) is 161 Å². The van der Waals surface area contributed by atoms with Crippen molar-refractivity contribution in [3.05, 3.63) is 29.3 Å². The third-order valence-electron chi connectivity index (χ3n) is 15.6. The average Bonchev–Trinajstić information content (AvgIpc) is 3.82. The van der Waals surface area contributed by atoms with E-state index in [2.05, 4.69) is 57.5 Å². The number of aliphatic hydroxyl groups excluding tert-OH is 1. The van der Waals surface area contributed by atoms with Crippen molar-refractivity contribution in [3.8, 4) is 5.75 Å². The van der Waals surface area contributed by atoms with Crippen LogP contribution in [0.5, 0.6) is 5.75 Å². The van der Waals surface area contributed by atoms with Gasteiger partial charge in [0.15, 0.2) is 0 Å². The Kier molecular flexibility index (Phi) is 22.2. The number of nitrogens with one attached hydrogen (secondary N) is 3. The molecule has 1 aromatic carbocycles. The fourth-order valence-electron chi connectivity index (χ4n) is 11.4. The lowest BCUT2D eigenvalue weighted by Crippen LogP contribution is -2.62. The monoisotopic (exact) mass is 1070 g/mol. The van der Waals surface area contributed by atoms with E-state index in [0.717, 1.165) is 11.1 Å².